The zero-order valence-electron chi connectivity index (χ0n) is 22.1. The van der Waals surface area contributed by atoms with Crippen molar-refractivity contribution < 1.29 is 32.3 Å². The van der Waals surface area contributed by atoms with Gasteiger partial charge < -0.3 is 15.4 Å². The van der Waals surface area contributed by atoms with Gasteiger partial charge in [0.1, 0.15) is 0 Å². The van der Waals surface area contributed by atoms with E-state index in [9.17, 15) is 27.6 Å². The SMILES string of the molecule is CCCCNc1ccc(NCC(CC)CCCC)c2c1C(=O)c1ccc(C(=O)OCC(F)(F)F)cc1C2=O. The van der Waals surface area contributed by atoms with Gasteiger partial charge in [0.15, 0.2) is 18.2 Å². The number of hydrogen-bond donors (Lipinski definition) is 2. The molecule has 3 rings (SSSR count). The highest BCUT2D eigenvalue weighted by Crippen LogP contribution is 2.37. The minimum Gasteiger partial charge on any atom is -0.452 e. The molecule has 0 fully saturated rings. The third-order valence-corrected chi connectivity index (χ3v) is 6.74. The van der Waals surface area contributed by atoms with Crippen LogP contribution in [0.25, 0.3) is 0 Å². The summed E-state index contributed by atoms with van der Waals surface area (Å²) in [5.74, 6) is -1.68. The molecule has 0 bridgehead atoms. The van der Waals surface area contributed by atoms with Crippen molar-refractivity contribution in [3.05, 3.63) is 58.1 Å². The van der Waals surface area contributed by atoms with Crippen LogP contribution >= 0.6 is 0 Å². The summed E-state index contributed by atoms with van der Waals surface area (Å²) in [5.41, 5.74) is 1.37. The van der Waals surface area contributed by atoms with Crippen LogP contribution in [0.2, 0.25) is 0 Å². The third-order valence-electron chi connectivity index (χ3n) is 6.74. The Balaban J connectivity index is 2.00. The van der Waals surface area contributed by atoms with Crippen molar-refractivity contribution in [3.63, 3.8) is 0 Å². The Kier molecular flexibility index (Phi) is 9.94. The normalized spacial score (nSPS) is 13.5. The first-order valence-electron chi connectivity index (χ1n) is 13.2. The average Bonchev–Trinajstić information content (AvgIpc) is 2.90. The summed E-state index contributed by atoms with van der Waals surface area (Å²) in [6, 6.07) is 7.23. The van der Waals surface area contributed by atoms with Crippen LogP contribution in [-0.2, 0) is 4.74 Å². The molecule has 0 radical (unpaired) electrons. The van der Waals surface area contributed by atoms with E-state index < -0.39 is 24.5 Å². The summed E-state index contributed by atoms with van der Waals surface area (Å²) >= 11 is 0. The molecule has 1 unspecified atom stereocenters. The summed E-state index contributed by atoms with van der Waals surface area (Å²) in [7, 11) is 0. The molecule has 38 heavy (non-hydrogen) atoms. The van der Waals surface area contributed by atoms with E-state index in [2.05, 4.69) is 36.1 Å². The fourth-order valence-corrected chi connectivity index (χ4v) is 4.52. The Hall–Kier alpha value is -3.36. The highest BCUT2D eigenvalue weighted by Gasteiger charge is 2.35. The molecule has 0 aliphatic heterocycles. The molecule has 1 atom stereocenters. The molecule has 0 heterocycles. The number of esters is 1. The lowest BCUT2D eigenvalue weighted by atomic mass is 9.81. The molecule has 9 heteroatoms. The van der Waals surface area contributed by atoms with E-state index in [1.165, 1.54) is 12.1 Å². The maximum Gasteiger partial charge on any atom is 0.422 e. The third kappa shape index (κ3) is 6.94. The lowest BCUT2D eigenvalue weighted by Crippen LogP contribution is -2.26. The maximum absolute atomic E-state index is 13.8. The van der Waals surface area contributed by atoms with Gasteiger partial charge in [-0.15, -0.1) is 0 Å². The van der Waals surface area contributed by atoms with Gasteiger partial charge >= 0.3 is 12.1 Å². The van der Waals surface area contributed by atoms with E-state index in [0.717, 1.165) is 44.6 Å². The minimum atomic E-state index is -4.68. The molecule has 2 aromatic carbocycles. The lowest BCUT2D eigenvalue weighted by molar-refractivity contribution is -0.161. The van der Waals surface area contributed by atoms with Crippen LogP contribution in [0.1, 0.15) is 101 Å². The zero-order chi connectivity index (χ0) is 27.9. The van der Waals surface area contributed by atoms with Gasteiger partial charge in [0, 0.05) is 35.6 Å². The van der Waals surface area contributed by atoms with Crippen molar-refractivity contribution in [2.75, 3.05) is 30.3 Å². The molecule has 0 saturated carbocycles. The number of unbranched alkanes of at least 4 members (excludes halogenated alkanes) is 2. The minimum absolute atomic E-state index is 0.0317. The summed E-state index contributed by atoms with van der Waals surface area (Å²) in [6.07, 6.45) is 1.34. The van der Waals surface area contributed by atoms with E-state index >= 15 is 0 Å². The second kappa shape index (κ2) is 12.9. The van der Waals surface area contributed by atoms with Crippen molar-refractivity contribution in [1.82, 2.24) is 0 Å². The van der Waals surface area contributed by atoms with Crippen LogP contribution < -0.4 is 10.6 Å². The van der Waals surface area contributed by atoms with Crippen LogP contribution in [0.15, 0.2) is 30.3 Å². The number of carbonyl (C=O) groups excluding carboxylic acids is 3. The second-order valence-electron chi connectivity index (χ2n) is 9.60. The van der Waals surface area contributed by atoms with Gasteiger partial charge in [0.25, 0.3) is 0 Å². The van der Waals surface area contributed by atoms with Crippen LogP contribution in [0.3, 0.4) is 0 Å². The molecule has 1 aliphatic rings. The standard InChI is InChI=1S/C29H35F3N2O4/c1-4-7-9-18(6-3)16-34-23-13-12-22(33-14-8-5-2)24-25(23)27(36)21-15-19(10-11-20(21)26(24)35)28(37)38-17-29(30,31)32/h10-13,15,18,33-34H,4-9,14,16-17H2,1-3H3. The van der Waals surface area contributed by atoms with Crippen molar-refractivity contribution in [2.45, 2.75) is 65.5 Å². The van der Waals surface area contributed by atoms with Crippen molar-refractivity contribution >= 4 is 28.9 Å². The average molecular weight is 533 g/mol. The number of carbonyl (C=O) groups is 3. The number of benzene rings is 2. The molecule has 0 amide bonds. The van der Waals surface area contributed by atoms with Crippen LogP contribution in [0, 0.1) is 5.92 Å². The smallest absolute Gasteiger partial charge is 0.422 e. The number of ether oxygens (including phenoxy) is 1. The fourth-order valence-electron chi connectivity index (χ4n) is 4.52. The number of anilines is 2. The first kappa shape index (κ1) is 29.2. The first-order chi connectivity index (χ1) is 18.1. The van der Waals surface area contributed by atoms with E-state index in [1.54, 1.807) is 12.1 Å². The van der Waals surface area contributed by atoms with E-state index in [0.29, 0.717) is 30.4 Å². The Bertz CT molecular complexity index is 1180. The lowest BCUT2D eigenvalue weighted by Gasteiger charge is -2.25. The van der Waals surface area contributed by atoms with Gasteiger partial charge in [0.2, 0.25) is 0 Å². The highest BCUT2D eigenvalue weighted by atomic mass is 19.4. The molecular weight excluding hydrogens is 497 g/mol. The topological polar surface area (TPSA) is 84.5 Å². The van der Waals surface area contributed by atoms with Gasteiger partial charge in [-0.3, -0.25) is 9.59 Å². The van der Waals surface area contributed by atoms with Crippen molar-refractivity contribution in [1.29, 1.82) is 0 Å². The molecule has 0 saturated heterocycles. The van der Waals surface area contributed by atoms with Gasteiger partial charge in [-0.05, 0) is 49.1 Å². The molecule has 2 aromatic rings. The van der Waals surface area contributed by atoms with Gasteiger partial charge in [-0.1, -0.05) is 46.5 Å². The van der Waals surface area contributed by atoms with Gasteiger partial charge in [-0.25, -0.2) is 4.79 Å². The predicted octanol–water partition coefficient (Wildman–Crippen LogP) is 7.02. The predicted molar refractivity (Wildman–Crippen MR) is 141 cm³/mol. The summed E-state index contributed by atoms with van der Waals surface area (Å²) in [5, 5.41) is 6.63. The Morgan fingerprint density at radius 2 is 1.53 bits per heavy atom. The summed E-state index contributed by atoms with van der Waals surface area (Å²) in [4.78, 5) is 39.7. The monoisotopic (exact) mass is 532 g/mol. The Morgan fingerprint density at radius 1 is 0.895 bits per heavy atom. The number of rotatable bonds is 13. The Labute approximate surface area is 221 Å². The Morgan fingerprint density at radius 3 is 2.13 bits per heavy atom. The molecular formula is C29H35F3N2O4. The molecule has 2 N–H and O–H groups in total. The summed E-state index contributed by atoms with van der Waals surface area (Å²) in [6.45, 7) is 5.82. The molecule has 1 aliphatic carbocycles. The van der Waals surface area contributed by atoms with Crippen LogP contribution in [0.5, 0.6) is 0 Å². The van der Waals surface area contributed by atoms with E-state index in [4.69, 9.17) is 0 Å². The first-order valence-corrected chi connectivity index (χ1v) is 13.2. The number of hydrogen-bond acceptors (Lipinski definition) is 6. The molecule has 6 nitrogen and oxygen atoms in total. The van der Waals surface area contributed by atoms with Gasteiger partial charge in [-0.2, -0.15) is 13.2 Å². The number of halogens is 3. The van der Waals surface area contributed by atoms with Crippen molar-refractivity contribution in [3.8, 4) is 0 Å². The number of nitrogens with one attached hydrogen (secondary N) is 2. The quantitative estimate of drug-likeness (QED) is 0.182. The maximum atomic E-state index is 13.8. The number of fused-ring (bicyclic) bond motifs is 2. The fraction of sp³-hybridized carbons (Fsp3) is 0.483. The van der Waals surface area contributed by atoms with Crippen LogP contribution in [0.4, 0.5) is 24.5 Å². The second-order valence-corrected chi connectivity index (χ2v) is 9.60. The van der Waals surface area contributed by atoms with Crippen molar-refractivity contribution in [2.24, 2.45) is 5.92 Å². The molecule has 0 spiro atoms. The number of alkyl halides is 3. The van der Waals surface area contributed by atoms with Gasteiger partial charge in [0.05, 0.1) is 16.7 Å². The van der Waals surface area contributed by atoms with E-state index in [1.807, 2.05) is 0 Å². The molecule has 206 valence electrons. The molecule has 0 aromatic heterocycles. The van der Waals surface area contributed by atoms with Crippen LogP contribution in [-0.4, -0.2) is 43.4 Å². The zero-order valence-corrected chi connectivity index (χ0v) is 22.1. The largest absolute Gasteiger partial charge is 0.452 e. The van der Waals surface area contributed by atoms with E-state index in [-0.39, 0.29) is 33.6 Å². The number of ketones is 2. The highest BCUT2D eigenvalue weighted by molar-refractivity contribution is 6.32. The summed E-state index contributed by atoms with van der Waals surface area (Å²) < 4.78 is 41.9.